The van der Waals surface area contributed by atoms with Gasteiger partial charge in [-0.3, -0.25) is 4.90 Å². The van der Waals surface area contributed by atoms with Crippen LogP contribution in [0.25, 0.3) is 0 Å². The Hall–Kier alpha value is -1.14. The van der Waals surface area contributed by atoms with Gasteiger partial charge in [-0.05, 0) is 37.0 Å². The molecular formula is C18H28N2O3. The number of benzene rings is 1. The number of rotatable bonds is 6. The number of nitrogens with one attached hydrogen (secondary N) is 1. The number of ether oxygens (including phenoxy) is 2. The van der Waals surface area contributed by atoms with Gasteiger partial charge in [0.15, 0.2) is 0 Å². The van der Waals surface area contributed by atoms with Crippen molar-refractivity contribution in [1.82, 2.24) is 10.2 Å². The summed E-state index contributed by atoms with van der Waals surface area (Å²) >= 11 is 0. The molecule has 128 valence electrons. The number of morpholine rings is 1. The van der Waals surface area contributed by atoms with E-state index in [1.165, 1.54) is 0 Å². The summed E-state index contributed by atoms with van der Waals surface area (Å²) < 4.78 is 11.9. The summed E-state index contributed by atoms with van der Waals surface area (Å²) in [5, 5.41) is 12.5. The van der Waals surface area contributed by atoms with Crippen molar-refractivity contribution in [3.05, 3.63) is 29.8 Å². The van der Waals surface area contributed by atoms with Crippen molar-refractivity contribution in [3.63, 3.8) is 0 Å². The number of nitrogens with zero attached hydrogens (tertiary/aromatic N) is 1. The van der Waals surface area contributed by atoms with Gasteiger partial charge in [0.2, 0.25) is 0 Å². The Morgan fingerprint density at radius 1 is 1.30 bits per heavy atom. The van der Waals surface area contributed by atoms with E-state index in [1.807, 2.05) is 24.3 Å². The largest absolute Gasteiger partial charge is 0.492 e. The SMILES string of the molecule is OCCc1cccc(OCCN2CCC3(CC2)CNCCO3)c1. The van der Waals surface area contributed by atoms with Crippen LogP contribution in [0.1, 0.15) is 18.4 Å². The van der Waals surface area contributed by atoms with Crippen molar-refractivity contribution in [1.29, 1.82) is 0 Å². The minimum Gasteiger partial charge on any atom is -0.492 e. The van der Waals surface area contributed by atoms with E-state index < -0.39 is 0 Å². The van der Waals surface area contributed by atoms with Crippen LogP contribution >= 0.6 is 0 Å². The minimum atomic E-state index is 0.0776. The standard InChI is InChI=1S/C18H28N2O3/c21-11-4-16-2-1-3-17(14-16)22-13-10-20-8-5-18(6-9-20)15-19-7-12-23-18/h1-3,14,19,21H,4-13,15H2. The quantitative estimate of drug-likeness (QED) is 0.821. The lowest BCUT2D eigenvalue weighted by Crippen LogP contribution is -2.55. The second-order valence-electron chi connectivity index (χ2n) is 6.52. The lowest BCUT2D eigenvalue weighted by molar-refractivity contribution is -0.100. The molecule has 2 saturated heterocycles. The number of hydrogen-bond acceptors (Lipinski definition) is 5. The molecule has 0 bridgehead atoms. The molecule has 2 aliphatic heterocycles. The fourth-order valence-electron chi connectivity index (χ4n) is 3.42. The number of aliphatic hydroxyl groups excluding tert-OH is 1. The fourth-order valence-corrected chi connectivity index (χ4v) is 3.42. The fraction of sp³-hybridized carbons (Fsp3) is 0.667. The van der Waals surface area contributed by atoms with Crippen LogP contribution < -0.4 is 10.1 Å². The third-order valence-corrected chi connectivity index (χ3v) is 4.88. The van der Waals surface area contributed by atoms with Gasteiger partial charge < -0.3 is 19.9 Å². The maximum atomic E-state index is 9.00. The molecular weight excluding hydrogens is 292 g/mol. The molecule has 0 radical (unpaired) electrons. The number of hydrogen-bond donors (Lipinski definition) is 2. The van der Waals surface area contributed by atoms with Crippen LogP contribution in [-0.2, 0) is 11.2 Å². The first-order chi connectivity index (χ1) is 11.3. The van der Waals surface area contributed by atoms with E-state index >= 15 is 0 Å². The Bertz CT molecular complexity index is 479. The zero-order valence-electron chi connectivity index (χ0n) is 13.8. The first-order valence-electron chi connectivity index (χ1n) is 8.69. The smallest absolute Gasteiger partial charge is 0.119 e. The highest BCUT2D eigenvalue weighted by Gasteiger charge is 2.36. The lowest BCUT2D eigenvalue weighted by atomic mass is 9.90. The van der Waals surface area contributed by atoms with Crippen LogP contribution in [0.15, 0.2) is 24.3 Å². The van der Waals surface area contributed by atoms with E-state index in [9.17, 15) is 0 Å². The second kappa shape index (κ2) is 8.11. The molecule has 0 unspecified atom stereocenters. The van der Waals surface area contributed by atoms with Gasteiger partial charge in [0.25, 0.3) is 0 Å². The summed E-state index contributed by atoms with van der Waals surface area (Å²) in [7, 11) is 0. The first kappa shape index (κ1) is 16.7. The van der Waals surface area contributed by atoms with Gasteiger partial charge in [0, 0.05) is 39.3 Å². The van der Waals surface area contributed by atoms with E-state index in [0.717, 1.165) is 63.5 Å². The van der Waals surface area contributed by atoms with Crippen LogP contribution in [0.2, 0.25) is 0 Å². The molecule has 5 nitrogen and oxygen atoms in total. The van der Waals surface area contributed by atoms with Crippen molar-refractivity contribution in [3.8, 4) is 5.75 Å². The summed E-state index contributed by atoms with van der Waals surface area (Å²) in [6.45, 7) is 6.81. The van der Waals surface area contributed by atoms with Crippen molar-refractivity contribution in [2.75, 3.05) is 52.5 Å². The average Bonchev–Trinajstić information content (AvgIpc) is 2.58. The third kappa shape index (κ3) is 4.67. The summed E-state index contributed by atoms with van der Waals surface area (Å²) in [6, 6.07) is 8.00. The van der Waals surface area contributed by atoms with Crippen molar-refractivity contribution >= 4 is 0 Å². The Morgan fingerprint density at radius 3 is 2.91 bits per heavy atom. The molecule has 0 aromatic heterocycles. The third-order valence-electron chi connectivity index (χ3n) is 4.88. The van der Waals surface area contributed by atoms with Gasteiger partial charge in [-0.25, -0.2) is 0 Å². The molecule has 1 aromatic carbocycles. The lowest BCUT2D eigenvalue weighted by Gasteiger charge is -2.44. The molecule has 2 heterocycles. The van der Waals surface area contributed by atoms with E-state index in [2.05, 4.69) is 10.2 Å². The maximum Gasteiger partial charge on any atom is 0.119 e. The van der Waals surface area contributed by atoms with Gasteiger partial charge in [0.05, 0.1) is 12.2 Å². The monoisotopic (exact) mass is 320 g/mol. The highest BCUT2D eigenvalue weighted by Crippen LogP contribution is 2.27. The molecule has 0 amide bonds. The van der Waals surface area contributed by atoms with Gasteiger partial charge in [-0.1, -0.05) is 12.1 Å². The molecule has 3 rings (SSSR count). The van der Waals surface area contributed by atoms with Crippen LogP contribution in [0.3, 0.4) is 0 Å². The second-order valence-corrected chi connectivity index (χ2v) is 6.52. The molecule has 2 fully saturated rings. The van der Waals surface area contributed by atoms with Gasteiger partial charge in [-0.2, -0.15) is 0 Å². The van der Waals surface area contributed by atoms with Crippen LogP contribution in [0, 0.1) is 0 Å². The zero-order valence-corrected chi connectivity index (χ0v) is 13.8. The maximum absolute atomic E-state index is 9.00. The minimum absolute atomic E-state index is 0.0776. The molecule has 2 aliphatic rings. The van der Waals surface area contributed by atoms with E-state index in [-0.39, 0.29) is 12.2 Å². The summed E-state index contributed by atoms with van der Waals surface area (Å²) in [6.07, 6.45) is 2.89. The average molecular weight is 320 g/mol. The van der Waals surface area contributed by atoms with Crippen LogP contribution in [0.5, 0.6) is 5.75 Å². The van der Waals surface area contributed by atoms with E-state index in [1.54, 1.807) is 0 Å². The van der Waals surface area contributed by atoms with E-state index in [0.29, 0.717) is 13.0 Å². The van der Waals surface area contributed by atoms with Gasteiger partial charge in [-0.15, -0.1) is 0 Å². The number of likely N-dealkylation sites (tertiary alicyclic amines) is 1. The first-order valence-corrected chi connectivity index (χ1v) is 8.69. The van der Waals surface area contributed by atoms with Crippen LogP contribution in [-0.4, -0.2) is 68.2 Å². The molecule has 23 heavy (non-hydrogen) atoms. The number of piperidine rings is 1. The molecule has 5 heteroatoms. The van der Waals surface area contributed by atoms with E-state index in [4.69, 9.17) is 14.6 Å². The predicted molar refractivity (Wildman–Crippen MR) is 90.0 cm³/mol. The van der Waals surface area contributed by atoms with Gasteiger partial charge in [0.1, 0.15) is 12.4 Å². The van der Waals surface area contributed by atoms with Crippen molar-refractivity contribution < 1.29 is 14.6 Å². The Balaban J connectivity index is 1.39. The van der Waals surface area contributed by atoms with Crippen LogP contribution in [0.4, 0.5) is 0 Å². The van der Waals surface area contributed by atoms with Gasteiger partial charge >= 0.3 is 0 Å². The summed E-state index contributed by atoms with van der Waals surface area (Å²) in [4.78, 5) is 2.46. The molecule has 1 spiro atoms. The Labute approximate surface area is 138 Å². The Kier molecular flexibility index (Phi) is 5.89. The molecule has 0 atom stereocenters. The molecule has 2 N–H and O–H groups in total. The normalized spacial score (nSPS) is 21.4. The summed E-state index contributed by atoms with van der Waals surface area (Å²) in [5.74, 6) is 0.893. The highest BCUT2D eigenvalue weighted by molar-refractivity contribution is 5.28. The molecule has 1 aromatic rings. The number of aliphatic hydroxyl groups is 1. The highest BCUT2D eigenvalue weighted by atomic mass is 16.5. The topological polar surface area (TPSA) is 54.0 Å². The molecule has 0 saturated carbocycles. The molecule has 0 aliphatic carbocycles. The Morgan fingerprint density at radius 2 is 2.17 bits per heavy atom. The summed E-state index contributed by atoms with van der Waals surface area (Å²) in [5.41, 5.74) is 1.20. The van der Waals surface area contributed by atoms with Crippen molar-refractivity contribution in [2.45, 2.75) is 24.9 Å². The zero-order chi connectivity index (χ0) is 16.0. The predicted octanol–water partition coefficient (Wildman–Crippen LogP) is 1.05. The van der Waals surface area contributed by atoms with Crippen molar-refractivity contribution in [2.24, 2.45) is 0 Å².